The third kappa shape index (κ3) is 3.05. The van der Waals surface area contributed by atoms with Gasteiger partial charge in [0.05, 0.1) is 0 Å². The summed E-state index contributed by atoms with van der Waals surface area (Å²) < 4.78 is 12.7. The lowest BCUT2D eigenvalue weighted by Gasteiger charge is -2.20. The number of rotatable bonds is 4. The highest BCUT2D eigenvalue weighted by Crippen LogP contribution is 2.27. The summed E-state index contributed by atoms with van der Waals surface area (Å²) in [5, 5.41) is 3.54. The Morgan fingerprint density at radius 3 is 2.50 bits per heavy atom. The summed E-state index contributed by atoms with van der Waals surface area (Å²) in [4.78, 5) is 0. The van der Waals surface area contributed by atoms with Crippen molar-refractivity contribution in [1.82, 2.24) is 5.32 Å². The summed E-state index contributed by atoms with van der Waals surface area (Å²) in [6, 6.07) is 7.33. The Hall–Kier alpha value is -0.890. The van der Waals surface area contributed by atoms with Gasteiger partial charge in [-0.1, -0.05) is 25.0 Å². The summed E-state index contributed by atoms with van der Waals surface area (Å²) in [5.74, 6) is 0.674. The van der Waals surface area contributed by atoms with E-state index in [1.807, 2.05) is 12.1 Å². The normalized spacial score (nSPS) is 18.9. The summed E-state index contributed by atoms with van der Waals surface area (Å²) >= 11 is 0. The molecule has 1 aromatic rings. The fourth-order valence-electron chi connectivity index (χ4n) is 2.51. The Balaban J connectivity index is 1.80. The Labute approximate surface area is 97.1 Å². The molecule has 1 atom stereocenters. The molecule has 0 aromatic heterocycles. The standard InChI is InChI=1S/C14H20FN/c1-11(13-4-2-3-5-13)16-10-12-6-8-14(15)9-7-12/h6-9,11,13,16H,2-5,10H2,1H3/t11-/m1/s1. The number of benzene rings is 1. The number of nitrogens with one attached hydrogen (secondary N) is 1. The minimum absolute atomic E-state index is 0.160. The molecule has 1 aliphatic rings. The van der Waals surface area contributed by atoms with Gasteiger partial charge < -0.3 is 5.32 Å². The SMILES string of the molecule is C[C@@H](NCc1ccc(F)cc1)C1CCCC1. The molecule has 0 bridgehead atoms. The van der Waals surface area contributed by atoms with Crippen LogP contribution < -0.4 is 5.32 Å². The maximum atomic E-state index is 12.7. The zero-order chi connectivity index (χ0) is 11.4. The van der Waals surface area contributed by atoms with Crippen LogP contribution in [0, 0.1) is 11.7 Å². The predicted molar refractivity (Wildman–Crippen MR) is 64.7 cm³/mol. The first-order valence-electron chi connectivity index (χ1n) is 6.23. The van der Waals surface area contributed by atoms with Crippen molar-refractivity contribution in [3.8, 4) is 0 Å². The van der Waals surface area contributed by atoms with Gasteiger partial charge in [0.1, 0.15) is 5.82 Å². The average Bonchev–Trinajstić information content (AvgIpc) is 2.81. The van der Waals surface area contributed by atoms with Gasteiger partial charge in [-0.25, -0.2) is 4.39 Å². The van der Waals surface area contributed by atoms with Gasteiger partial charge in [-0.2, -0.15) is 0 Å². The first-order valence-corrected chi connectivity index (χ1v) is 6.23. The highest BCUT2D eigenvalue weighted by molar-refractivity contribution is 5.15. The van der Waals surface area contributed by atoms with E-state index < -0.39 is 0 Å². The second-order valence-corrected chi connectivity index (χ2v) is 4.84. The molecule has 0 heterocycles. The van der Waals surface area contributed by atoms with Crippen LogP contribution in [0.2, 0.25) is 0 Å². The van der Waals surface area contributed by atoms with E-state index in [1.54, 1.807) is 0 Å². The van der Waals surface area contributed by atoms with E-state index in [9.17, 15) is 4.39 Å². The van der Waals surface area contributed by atoms with Crippen LogP contribution in [0.4, 0.5) is 4.39 Å². The Morgan fingerprint density at radius 1 is 1.25 bits per heavy atom. The fourth-order valence-corrected chi connectivity index (χ4v) is 2.51. The van der Waals surface area contributed by atoms with Gasteiger partial charge in [-0.05, 0) is 43.4 Å². The summed E-state index contributed by atoms with van der Waals surface area (Å²) in [7, 11) is 0. The minimum Gasteiger partial charge on any atom is -0.310 e. The van der Waals surface area contributed by atoms with Gasteiger partial charge in [-0.15, -0.1) is 0 Å². The Kier molecular flexibility index (Phi) is 3.94. The highest BCUT2D eigenvalue weighted by atomic mass is 19.1. The smallest absolute Gasteiger partial charge is 0.123 e. The zero-order valence-electron chi connectivity index (χ0n) is 9.88. The molecule has 0 radical (unpaired) electrons. The molecule has 1 fully saturated rings. The molecule has 2 heteroatoms. The first-order chi connectivity index (χ1) is 7.75. The molecule has 1 aliphatic carbocycles. The second-order valence-electron chi connectivity index (χ2n) is 4.84. The number of hydrogen-bond acceptors (Lipinski definition) is 1. The summed E-state index contributed by atoms with van der Waals surface area (Å²) in [6.45, 7) is 3.11. The van der Waals surface area contributed by atoms with Gasteiger partial charge in [0.2, 0.25) is 0 Å². The molecule has 1 aromatic carbocycles. The van der Waals surface area contributed by atoms with E-state index in [-0.39, 0.29) is 5.82 Å². The molecular weight excluding hydrogens is 201 g/mol. The van der Waals surface area contributed by atoms with Gasteiger partial charge in [-0.3, -0.25) is 0 Å². The third-order valence-corrected chi connectivity index (χ3v) is 3.65. The van der Waals surface area contributed by atoms with Crippen molar-refractivity contribution in [1.29, 1.82) is 0 Å². The van der Waals surface area contributed by atoms with Gasteiger partial charge in [0.15, 0.2) is 0 Å². The topological polar surface area (TPSA) is 12.0 Å². The van der Waals surface area contributed by atoms with Crippen LogP contribution in [-0.4, -0.2) is 6.04 Å². The molecule has 2 rings (SSSR count). The Bertz CT molecular complexity index is 314. The molecule has 0 aliphatic heterocycles. The van der Waals surface area contributed by atoms with Crippen LogP contribution in [0.25, 0.3) is 0 Å². The minimum atomic E-state index is -0.160. The van der Waals surface area contributed by atoms with Gasteiger partial charge in [0, 0.05) is 12.6 Å². The van der Waals surface area contributed by atoms with Crippen molar-refractivity contribution in [3.05, 3.63) is 35.6 Å². The molecule has 0 unspecified atom stereocenters. The van der Waals surface area contributed by atoms with Crippen molar-refractivity contribution in [3.63, 3.8) is 0 Å². The molecule has 1 nitrogen and oxygen atoms in total. The number of halogens is 1. The second kappa shape index (κ2) is 5.44. The van der Waals surface area contributed by atoms with Crippen LogP contribution in [0.5, 0.6) is 0 Å². The molecule has 1 saturated carbocycles. The van der Waals surface area contributed by atoms with E-state index in [1.165, 1.54) is 37.8 Å². The van der Waals surface area contributed by atoms with Crippen LogP contribution in [0.1, 0.15) is 38.2 Å². The van der Waals surface area contributed by atoms with Crippen molar-refractivity contribution >= 4 is 0 Å². The van der Waals surface area contributed by atoms with Crippen molar-refractivity contribution < 1.29 is 4.39 Å². The van der Waals surface area contributed by atoms with E-state index >= 15 is 0 Å². The van der Waals surface area contributed by atoms with E-state index in [0.717, 1.165) is 18.0 Å². The maximum absolute atomic E-state index is 12.7. The average molecular weight is 221 g/mol. The maximum Gasteiger partial charge on any atom is 0.123 e. The quantitative estimate of drug-likeness (QED) is 0.820. The lowest BCUT2D eigenvalue weighted by Crippen LogP contribution is -2.31. The highest BCUT2D eigenvalue weighted by Gasteiger charge is 2.20. The van der Waals surface area contributed by atoms with Crippen LogP contribution in [0.15, 0.2) is 24.3 Å². The summed E-state index contributed by atoms with van der Waals surface area (Å²) in [5.41, 5.74) is 1.16. The third-order valence-electron chi connectivity index (χ3n) is 3.65. The fraction of sp³-hybridized carbons (Fsp3) is 0.571. The van der Waals surface area contributed by atoms with Crippen LogP contribution >= 0.6 is 0 Å². The molecule has 0 amide bonds. The predicted octanol–water partition coefficient (Wildman–Crippen LogP) is 3.49. The molecule has 88 valence electrons. The molecule has 16 heavy (non-hydrogen) atoms. The zero-order valence-corrected chi connectivity index (χ0v) is 9.88. The summed E-state index contributed by atoms with van der Waals surface area (Å²) in [6.07, 6.45) is 5.48. The molecule has 1 N–H and O–H groups in total. The van der Waals surface area contributed by atoms with E-state index in [2.05, 4.69) is 12.2 Å². The first kappa shape index (κ1) is 11.6. The van der Waals surface area contributed by atoms with Crippen molar-refractivity contribution in [2.45, 2.75) is 45.2 Å². The molecular formula is C14H20FN. The van der Waals surface area contributed by atoms with E-state index in [4.69, 9.17) is 0 Å². The van der Waals surface area contributed by atoms with Gasteiger partial charge >= 0.3 is 0 Å². The van der Waals surface area contributed by atoms with Crippen LogP contribution in [0.3, 0.4) is 0 Å². The van der Waals surface area contributed by atoms with Gasteiger partial charge in [0.25, 0.3) is 0 Å². The molecule has 0 spiro atoms. The largest absolute Gasteiger partial charge is 0.310 e. The monoisotopic (exact) mass is 221 g/mol. The Morgan fingerprint density at radius 2 is 1.88 bits per heavy atom. The lowest BCUT2D eigenvalue weighted by atomic mass is 9.99. The lowest BCUT2D eigenvalue weighted by molar-refractivity contribution is 0.380. The van der Waals surface area contributed by atoms with Crippen molar-refractivity contribution in [2.24, 2.45) is 5.92 Å². The van der Waals surface area contributed by atoms with Crippen molar-refractivity contribution in [2.75, 3.05) is 0 Å². The molecule has 0 saturated heterocycles. The van der Waals surface area contributed by atoms with Crippen LogP contribution in [-0.2, 0) is 6.54 Å². The number of hydrogen-bond donors (Lipinski definition) is 1. The van der Waals surface area contributed by atoms with E-state index in [0.29, 0.717) is 6.04 Å².